The number of aliphatic hydroxyl groups excluding tert-OH is 3. The number of phenols is 1. The third kappa shape index (κ3) is 1.97. The van der Waals surface area contributed by atoms with Gasteiger partial charge in [-0.3, -0.25) is 9.59 Å². The molecule has 7 nitrogen and oxygen atoms in total. The molecule has 0 aliphatic heterocycles. The summed E-state index contributed by atoms with van der Waals surface area (Å²) in [6.45, 7) is 1.83. The number of carbonyl (C=O) groups excluding carboxylic acids is 2. The molecule has 26 heavy (non-hydrogen) atoms. The van der Waals surface area contributed by atoms with Crippen molar-refractivity contribution in [2.45, 2.75) is 43.7 Å². The highest BCUT2D eigenvalue weighted by Gasteiger charge is 2.64. The van der Waals surface area contributed by atoms with Crippen LogP contribution in [0.5, 0.6) is 5.75 Å². The molecule has 3 aliphatic carbocycles. The molecule has 1 aromatic carbocycles. The molecule has 4 rings (SSSR count). The number of rotatable bonds is 0. The Balaban J connectivity index is 2.01. The van der Waals surface area contributed by atoms with E-state index in [9.17, 15) is 35.1 Å². The summed E-state index contributed by atoms with van der Waals surface area (Å²) in [4.78, 5) is 25.8. The lowest BCUT2D eigenvalue weighted by molar-refractivity contribution is -0.198. The van der Waals surface area contributed by atoms with Crippen LogP contribution in [0.3, 0.4) is 0 Å². The Labute approximate surface area is 149 Å². The monoisotopic (exact) mass is 360 g/mol. The van der Waals surface area contributed by atoms with E-state index in [1.807, 2.05) is 6.92 Å². The Hall–Kier alpha value is -2.06. The van der Waals surface area contributed by atoms with Crippen LogP contribution >= 0.6 is 0 Å². The van der Waals surface area contributed by atoms with Gasteiger partial charge < -0.3 is 25.5 Å². The fraction of sp³-hybridized carbons (Fsp3) is 0.474. The molecule has 0 radical (unpaired) electrons. The summed E-state index contributed by atoms with van der Waals surface area (Å²) in [5.74, 6) is -2.99. The van der Waals surface area contributed by atoms with E-state index in [2.05, 4.69) is 0 Å². The first-order valence-electron chi connectivity index (χ1n) is 8.58. The van der Waals surface area contributed by atoms with Crippen molar-refractivity contribution in [2.75, 3.05) is 0 Å². The fourth-order valence-electron chi connectivity index (χ4n) is 4.74. The molecule has 7 heteroatoms. The van der Waals surface area contributed by atoms with Gasteiger partial charge in [-0.25, -0.2) is 0 Å². The van der Waals surface area contributed by atoms with Crippen LogP contribution in [0.25, 0.3) is 0 Å². The van der Waals surface area contributed by atoms with Gasteiger partial charge in [-0.05, 0) is 24.0 Å². The molecule has 0 amide bonds. The van der Waals surface area contributed by atoms with Gasteiger partial charge in [0.05, 0.1) is 5.92 Å². The second kappa shape index (κ2) is 5.47. The molecule has 138 valence electrons. The van der Waals surface area contributed by atoms with Gasteiger partial charge in [-0.1, -0.05) is 19.1 Å². The molecule has 0 unspecified atom stereocenters. The number of carbonyl (C=O) groups is 2. The van der Waals surface area contributed by atoms with E-state index in [-0.39, 0.29) is 40.4 Å². The minimum Gasteiger partial charge on any atom is -0.508 e. The summed E-state index contributed by atoms with van der Waals surface area (Å²) in [5, 5.41) is 53.2. The zero-order chi connectivity index (χ0) is 19.0. The topological polar surface area (TPSA) is 135 Å². The van der Waals surface area contributed by atoms with Gasteiger partial charge in [-0.15, -0.1) is 0 Å². The number of hydrogen-bond donors (Lipinski definition) is 5. The number of phenolic OH excluding ortho intramolecular Hbond substituents is 1. The van der Waals surface area contributed by atoms with Crippen molar-refractivity contribution in [2.24, 2.45) is 11.8 Å². The number of ketones is 2. The summed E-state index contributed by atoms with van der Waals surface area (Å²) in [5.41, 5.74) is -2.48. The third-order valence-corrected chi connectivity index (χ3v) is 5.95. The molecule has 6 atom stereocenters. The Kier molecular flexibility index (Phi) is 3.65. The second-order valence-electron chi connectivity index (χ2n) is 7.59. The highest BCUT2D eigenvalue weighted by atomic mass is 16.4. The van der Waals surface area contributed by atoms with E-state index in [0.29, 0.717) is 6.42 Å². The van der Waals surface area contributed by atoms with Gasteiger partial charge in [0.1, 0.15) is 29.7 Å². The number of Topliss-reactive ketones (excluding diaryl/α,β-unsaturated/α-hetero) is 2. The second-order valence-corrected chi connectivity index (χ2v) is 7.59. The van der Waals surface area contributed by atoms with Crippen molar-refractivity contribution in [1.82, 2.24) is 0 Å². The van der Waals surface area contributed by atoms with Crippen molar-refractivity contribution in [3.63, 3.8) is 0 Å². The minimum atomic E-state index is -2.50. The maximum atomic E-state index is 13.1. The quantitative estimate of drug-likeness (QED) is 0.439. The lowest BCUT2D eigenvalue weighted by Gasteiger charge is -2.52. The Bertz CT molecular complexity index is 857. The van der Waals surface area contributed by atoms with Crippen molar-refractivity contribution in [3.8, 4) is 5.75 Å². The van der Waals surface area contributed by atoms with Crippen LogP contribution in [0.1, 0.15) is 41.8 Å². The number of hydrogen-bond acceptors (Lipinski definition) is 7. The molecule has 0 saturated heterocycles. The number of aromatic hydroxyl groups is 1. The first kappa shape index (κ1) is 17.4. The van der Waals surface area contributed by atoms with Crippen LogP contribution in [0.2, 0.25) is 0 Å². The largest absolute Gasteiger partial charge is 0.508 e. The molecular formula is C19H20O7. The highest BCUT2D eigenvalue weighted by molar-refractivity contribution is 6.11. The lowest BCUT2D eigenvalue weighted by atomic mass is 9.56. The smallest absolute Gasteiger partial charge is 0.174 e. The molecule has 0 saturated carbocycles. The van der Waals surface area contributed by atoms with Crippen LogP contribution < -0.4 is 0 Å². The van der Waals surface area contributed by atoms with Crippen LogP contribution in [0.15, 0.2) is 29.3 Å². The van der Waals surface area contributed by atoms with E-state index in [0.717, 1.165) is 0 Å². The number of benzene rings is 1. The highest BCUT2D eigenvalue weighted by Crippen LogP contribution is 2.54. The molecule has 1 aromatic rings. The van der Waals surface area contributed by atoms with Crippen LogP contribution in [-0.2, 0) is 4.79 Å². The third-order valence-electron chi connectivity index (χ3n) is 5.95. The molecule has 0 fully saturated rings. The van der Waals surface area contributed by atoms with Crippen molar-refractivity contribution >= 4 is 11.6 Å². The van der Waals surface area contributed by atoms with Crippen molar-refractivity contribution in [1.29, 1.82) is 0 Å². The Morgan fingerprint density at radius 1 is 1.12 bits per heavy atom. The molecule has 0 heterocycles. The molecule has 3 aliphatic rings. The summed E-state index contributed by atoms with van der Waals surface area (Å²) >= 11 is 0. The number of fused-ring (bicyclic) bond motifs is 3. The van der Waals surface area contributed by atoms with Gasteiger partial charge in [-0.2, -0.15) is 0 Å². The van der Waals surface area contributed by atoms with E-state index in [1.165, 1.54) is 18.2 Å². The van der Waals surface area contributed by atoms with Gasteiger partial charge in [0.2, 0.25) is 0 Å². The fourth-order valence-corrected chi connectivity index (χ4v) is 4.74. The summed E-state index contributed by atoms with van der Waals surface area (Å²) in [6, 6.07) is 4.08. The maximum absolute atomic E-state index is 13.1. The number of aliphatic hydroxyl groups is 4. The predicted octanol–water partition coefficient (Wildman–Crippen LogP) is 0.000200. The standard InChI is InChI=1S/C19H20O7/c1-7-5-9-12(11(21)6-7)14-15(22)8-3-2-4-10(20)13(8)17(24)19(14,26)18(25)16(9)23/h2-4,7,14,16-18,20,23-26H,5-6H2,1H3/t7-,14-,16-,17-,18-,19+/m0/s1. The van der Waals surface area contributed by atoms with Crippen molar-refractivity contribution < 1.29 is 35.1 Å². The first-order valence-corrected chi connectivity index (χ1v) is 8.58. The minimum absolute atomic E-state index is 0.00552. The first-order chi connectivity index (χ1) is 12.2. The Morgan fingerprint density at radius 3 is 2.50 bits per heavy atom. The summed E-state index contributed by atoms with van der Waals surface area (Å²) in [6.07, 6.45) is -4.82. The predicted molar refractivity (Wildman–Crippen MR) is 88.3 cm³/mol. The van der Waals surface area contributed by atoms with Gasteiger partial charge >= 0.3 is 0 Å². The Morgan fingerprint density at radius 2 is 1.81 bits per heavy atom. The molecule has 0 spiro atoms. The molecule has 0 aromatic heterocycles. The van der Waals surface area contributed by atoms with Crippen LogP contribution in [0.4, 0.5) is 0 Å². The lowest BCUT2D eigenvalue weighted by Crippen LogP contribution is -2.66. The molecular weight excluding hydrogens is 340 g/mol. The average molecular weight is 360 g/mol. The average Bonchev–Trinajstić information content (AvgIpc) is 2.58. The summed E-state index contributed by atoms with van der Waals surface area (Å²) < 4.78 is 0. The van der Waals surface area contributed by atoms with Gasteiger partial charge in [0.15, 0.2) is 11.6 Å². The molecule has 5 N–H and O–H groups in total. The normalized spacial score (nSPS) is 39.3. The van der Waals surface area contributed by atoms with Crippen LogP contribution in [0, 0.1) is 11.8 Å². The van der Waals surface area contributed by atoms with Gasteiger partial charge in [0.25, 0.3) is 0 Å². The summed E-state index contributed by atoms with van der Waals surface area (Å²) in [7, 11) is 0. The SMILES string of the molecule is C[C@@H]1CC(=O)C2=C(C1)[C@H](O)[C@H](O)[C@@]1(O)[C@@H]2C(=O)c2cccc(O)c2[C@@H]1O. The van der Waals surface area contributed by atoms with E-state index >= 15 is 0 Å². The maximum Gasteiger partial charge on any atom is 0.174 e. The molecule has 0 bridgehead atoms. The van der Waals surface area contributed by atoms with E-state index < -0.39 is 41.4 Å². The zero-order valence-corrected chi connectivity index (χ0v) is 14.1. The van der Waals surface area contributed by atoms with Crippen molar-refractivity contribution in [3.05, 3.63) is 40.5 Å². The zero-order valence-electron chi connectivity index (χ0n) is 14.1. The van der Waals surface area contributed by atoms with E-state index in [4.69, 9.17) is 0 Å². The van der Waals surface area contributed by atoms with Crippen LogP contribution in [-0.4, -0.2) is 54.9 Å². The van der Waals surface area contributed by atoms with Gasteiger partial charge in [0, 0.05) is 23.1 Å². The van der Waals surface area contributed by atoms with E-state index in [1.54, 1.807) is 0 Å².